The summed E-state index contributed by atoms with van der Waals surface area (Å²) in [5.41, 5.74) is 2.92. The second kappa shape index (κ2) is 6.65. The van der Waals surface area contributed by atoms with Gasteiger partial charge < -0.3 is 14.8 Å². The second-order valence-electron chi connectivity index (χ2n) is 5.85. The number of benzene rings is 2. The van der Waals surface area contributed by atoms with Gasteiger partial charge in [0.1, 0.15) is 5.69 Å². The van der Waals surface area contributed by atoms with Crippen LogP contribution < -0.4 is 5.32 Å². The number of nitrogens with zero attached hydrogens (tertiary/aromatic N) is 2. The Morgan fingerprint density at radius 2 is 2.00 bits per heavy atom. The number of hydrogen-bond donors (Lipinski definition) is 2. The number of fused-ring (bicyclic) bond motifs is 1. The predicted molar refractivity (Wildman–Crippen MR) is 98.9 cm³/mol. The number of carbonyl (C=O) groups excluding carboxylic acids is 1. The quantitative estimate of drug-likeness (QED) is 0.569. The van der Waals surface area contributed by atoms with E-state index in [1.165, 1.54) is 0 Å². The highest BCUT2D eigenvalue weighted by molar-refractivity contribution is 6.35. The maximum Gasteiger partial charge on any atom is 0.268 e. The Bertz CT molecular complexity index is 1090. The van der Waals surface area contributed by atoms with Gasteiger partial charge in [0.05, 0.1) is 17.1 Å². The monoisotopic (exact) mass is 366 g/mol. The molecule has 0 atom stereocenters. The number of amides is 1. The van der Waals surface area contributed by atoms with Gasteiger partial charge >= 0.3 is 0 Å². The number of aromatic amines is 1. The van der Waals surface area contributed by atoms with Crippen LogP contribution in [0.15, 0.2) is 53.1 Å². The van der Waals surface area contributed by atoms with Gasteiger partial charge in [-0.2, -0.15) is 4.98 Å². The molecule has 2 N–H and O–H groups in total. The fraction of sp³-hybridized carbons (Fsp3) is 0.105. The van der Waals surface area contributed by atoms with Gasteiger partial charge in [-0.05, 0) is 18.6 Å². The molecule has 1 amide bonds. The molecule has 0 saturated carbocycles. The lowest BCUT2D eigenvalue weighted by atomic mass is 10.1. The Morgan fingerprint density at radius 3 is 2.77 bits per heavy atom. The third-order valence-corrected chi connectivity index (χ3v) is 4.48. The van der Waals surface area contributed by atoms with E-state index in [9.17, 15) is 4.79 Å². The topological polar surface area (TPSA) is 83.8 Å². The first-order valence-corrected chi connectivity index (χ1v) is 8.44. The van der Waals surface area contributed by atoms with E-state index in [1.807, 2.05) is 49.4 Å². The summed E-state index contributed by atoms with van der Waals surface area (Å²) in [6.07, 6.45) is 0. The SMILES string of the molecule is Cc1c(C(=O)NCc2nc(-c3ccccc3)no2)[nH]c2c(Cl)cccc12. The molecular formula is C19H15ClN4O2. The van der Waals surface area contributed by atoms with Gasteiger partial charge in [0, 0.05) is 10.9 Å². The van der Waals surface area contributed by atoms with Crippen molar-refractivity contribution >= 4 is 28.4 Å². The standard InChI is InChI=1S/C19H15ClN4O2/c1-11-13-8-5-9-14(20)17(13)23-16(11)19(25)21-10-15-22-18(24-26-15)12-6-3-2-4-7-12/h2-9,23H,10H2,1H3,(H,21,25). The number of nitrogens with one attached hydrogen (secondary N) is 2. The molecule has 26 heavy (non-hydrogen) atoms. The number of rotatable bonds is 4. The van der Waals surface area contributed by atoms with Crippen LogP contribution in [-0.4, -0.2) is 21.0 Å². The number of H-pyrrole nitrogens is 1. The maximum absolute atomic E-state index is 12.5. The summed E-state index contributed by atoms with van der Waals surface area (Å²) in [6, 6.07) is 15.1. The Labute approximate surface area is 154 Å². The minimum atomic E-state index is -0.255. The van der Waals surface area contributed by atoms with Gasteiger partial charge in [-0.25, -0.2) is 0 Å². The molecule has 0 aliphatic heterocycles. The molecule has 0 spiro atoms. The molecule has 0 aliphatic rings. The third kappa shape index (κ3) is 2.95. The smallest absolute Gasteiger partial charge is 0.268 e. The molecule has 6 nitrogen and oxygen atoms in total. The lowest BCUT2D eigenvalue weighted by molar-refractivity contribution is 0.0941. The zero-order valence-corrected chi connectivity index (χ0v) is 14.7. The van der Waals surface area contributed by atoms with Crippen LogP contribution in [0.4, 0.5) is 0 Å². The van der Waals surface area contributed by atoms with Crippen LogP contribution in [0.25, 0.3) is 22.3 Å². The van der Waals surface area contributed by atoms with E-state index < -0.39 is 0 Å². The molecule has 2 aromatic carbocycles. The highest BCUT2D eigenvalue weighted by atomic mass is 35.5. The van der Waals surface area contributed by atoms with Crippen molar-refractivity contribution in [2.24, 2.45) is 0 Å². The minimum absolute atomic E-state index is 0.140. The number of carbonyl (C=O) groups is 1. The Balaban J connectivity index is 1.50. The van der Waals surface area contributed by atoms with E-state index in [4.69, 9.17) is 16.1 Å². The predicted octanol–water partition coefficient (Wildman–Crippen LogP) is 4.11. The molecule has 2 aromatic heterocycles. The maximum atomic E-state index is 12.5. The minimum Gasteiger partial charge on any atom is -0.349 e. The van der Waals surface area contributed by atoms with Crippen LogP contribution in [-0.2, 0) is 6.54 Å². The first-order valence-electron chi connectivity index (χ1n) is 8.06. The highest BCUT2D eigenvalue weighted by Crippen LogP contribution is 2.27. The molecular weight excluding hydrogens is 352 g/mol. The zero-order valence-electron chi connectivity index (χ0n) is 13.9. The van der Waals surface area contributed by atoms with Crippen LogP contribution in [0.5, 0.6) is 0 Å². The van der Waals surface area contributed by atoms with E-state index in [0.717, 1.165) is 22.0 Å². The fourth-order valence-electron chi connectivity index (χ4n) is 2.82. The summed E-state index contributed by atoms with van der Waals surface area (Å²) in [7, 11) is 0. The van der Waals surface area contributed by atoms with Gasteiger partial charge in [-0.15, -0.1) is 0 Å². The van der Waals surface area contributed by atoms with E-state index >= 15 is 0 Å². The van der Waals surface area contributed by atoms with Crippen molar-refractivity contribution in [1.29, 1.82) is 0 Å². The molecule has 0 aliphatic carbocycles. The second-order valence-corrected chi connectivity index (χ2v) is 6.26. The fourth-order valence-corrected chi connectivity index (χ4v) is 3.04. The molecule has 4 rings (SSSR count). The number of halogens is 1. The summed E-state index contributed by atoms with van der Waals surface area (Å²) < 4.78 is 5.21. The summed E-state index contributed by atoms with van der Waals surface area (Å²) in [6.45, 7) is 2.02. The summed E-state index contributed by atoms with van der Waals surface area (Å²) in [5, 5.41) is 8.23. The van der Waals surface area contributed by atoms with Crippen LogP contribution in [0.2, 0.25) is 5.02 Å². The van der Waals surface area contributed by atoms with Gasteiger partial charge in [0.2, 0.25) is 11.7 Å². The van der Waals surface area contributed by atoms with Crippen molar-refractivity contribution in [2.45, 2.75) is 13.5 Å². The largest absolute Gasteiger partial charge is 0.349 e. The number of aromatic nitrogens is 3. The molecule has 2 heterocycles. The van der Waals surface area contributed by atoms with Crippen molar-refractivity contribution in [2.75, 3.05) is 0 Å². The van der Waals surface area contributed by atoms with Crippen LogP contribution in [0.3, 0.4) is 0 Å². The molecule has 0 bridgehead atoms. The number of aryl methyl sites for hydroxylation is 1. The Hall–Kier alpha value is -3.12. The molecule has 0 fully saturated rings. The summed E-state index contributed by atoms with van der Waals surface area (Å²) in [5.74, 6) is 0.571. The van der Waals surface area contributed by atoms with Crippen molar-refractivity contribution in [3.8, 4) is 11.4 Å². The summed E-state index contributed by atoms with van der Waals surface area (Å²) >= 11 is 6.18. The zero-order chi connectivity index (χ0) is 18.1. The van der Waals surface area contributed by atoms with Crippen LogP contribution >= 0.6 is 11.6 Å². The highest BCUT2D eigenvalue weighted by Gasteiger charge is 2.17. The number of para-hydroxylation sites is 1. The first-order chi connectivity index (χ1) is 12.6. The lowest BCUT2D eigenvalue weighted by Crippen LogP contribution is -2.24. The molecule has 7 heteroatoms. The molecule has 0 radical (unpaired) electrons. The van der Waals surface area contributed by atoms with Crippen molar-refractivity contribution in [3.63, 3.8) is 0 Å². The Kier molecular flexibility index (Phi) is 4.18. The van der Waals surface area contributed by atoms with Crippen LogP contribution in [0.1, 0.15) is 21.9 Å². The van der Waals surface area contributed by atoms with E-state index in [-0.39, 0.29) is 12.5 Å². The molecule has 0 unspecified atom stereocenters. The number of hydrogen-bond acceptors (Lipinski definition) is 4. The van der Waals surface area contributed by atoms with Crippen LogP contribution in [0, 0.1) is 6.92 Å². The van der Waals surface area contributed by atoms with Crippen molar-refractivity contribution in [1.82, 2.24) is 20.4 Å². The normalized spacial score (nSPS) is 11.0. The van der Waals surface area contributed by atoms with E-state index in [0.29, 0.717) is 22.4 Å². The van der Waals surface area contributed by atoms with E-state index in [1.54, 1.807) is 6.07 Å². The lowest BCUT2D eigenvalue weighted by Gasteiger charge is -2.01. The van der Waals surface area contributed by atoms with Crippen molar-refractivity contribution < 1.29 is 9.32 Å². The van der Waals surface area contributed by atoms with Gasteiger partial charge in [0.15, 0.2) is 0 Å². The van der Waals surface area contributed by atoms with Gasteiger partial charge in [-0.3, -0.25) is 4.79 Å². The molecule has 130 valence electrons. The summed E-state index contributed by atoms with van der Waals surface area (Å²) in [4.78, 5) is 19.9. The molecule has 4 aromatic rings. The van der Waals surface area contributed by atoms with Gasteiger partial charge in [-0.1, -0.05) is 59.2 Å². The first kappa shape index (κ1) is 16.4. The van der Waals surface area contributed by atoms with Crippen molar-refractivity contribution in [3.05, 3.63) is 70.7 Å². The Morgan fingerprint density at radius 1 is 1.19 bits per heavy atom. The third-order valence-electron chi connectivity index (χ3n) is 4.17. The molecule has 0 saturated heterocycles. The average Bonchev–Trinajstić information content (AvgIpc) is 3.27. The van der Waals surface area contributed by atoms with Gasteiger partial charge in [0.25, 0.3) is 5.91 Å². The van der Waals surface area contributed by atoms with E-state index in [2.05, 4.69) is 20.4 Å². The average molecular weight is 367 g/mol.